The second-order valence-electron chi connectivity index (χ2n) is 7.59. The second-order valence-corrected chi connectivity index (χ2v) is 7.59. The van der Waals surface area contributed by atoms with Crippen molar-refractivity contribution in [2.45, 2.75) is 37.5 Å². The van der Waals surface area contributed by atoms with Gasteiger partial charge in [-0.3, -0.25) is 4.79 Å². The molecular formula is C23H26O3. The van der Waals surface area contributed by atoms with Crippen LogP contribution < -0.4 is 9.47 Å². The zero-order valence-corrected chi connectivity index (χ0v) is 15.5. The lowest BCUT2D eigenvalue weighted by molar-refractivity contribution is -0.122. The van der Waals surface area contributed by atoms with Crippen LogP contribution in [0.5, 0.6) is 11.5 Å². The first-order valence-electron chi connectivity index (χ1n) is 9.53. The molecule has 0 spiro atoms. The average molecular weight is 350 g/mol. The summed E-state index contributed by atoms with van der Waals surface area (Å²) in [4.78, 5) is 13.7. The molecule has 0 saturated heterocycles. The average Bonchev–Trinajstić information content (AvgIpc) is 3.57. The van der Waals surface area contributed by atoms with Crippen LogP contribution in [0.1, 0.15) is 48.6 Å². The second kappa shape index (κ2) is 7.14. The van der Waals surface area contributed by atoms with Gasteiger partial charge in [-0.1, -0.05) is 24.3 Å². The Morgan fingerprint density at radius 2 is 1.23 bits per heavy atom. The summed E-state index contributed by atoms with van der Waals surface area (Å²) in [5.74, 6) is 2.92. The topological polar surface area (TPSA) is 35.5 Å². The Balaban J connectivity index is 1.69. The molecule has 136 valence electrons. The quantitative estimate of drug-likeness (QED) is 0.675. The first-order valence-corrected chi connectivity index (χ1v) is 9.53. The minimum atomic E-state index is -0.0260. The number of hydrogen-bond acceptors (Lipinski definition) is 3. The van der Waals surface area contributed by atoms with Gasteiger partial charge in [0.05, 0.1) is 14.2 Å². The predicted molar refractivity (Wildman–Crippen MR) is 102 cm³/mol. The highest BCUT2D eigenvalue weighted by atomic mass is 16.5. The number of carbonyl (C=O) groups is 1. The first-order chi connectivity index (χ1) is 12.7. The Kier molecular flexibility index (Phi) is 4.71. The number of carbonyl (C=O) groups excluding carboxylic acids is 1. The molecule has 2 atom stereocenters. The number of methoxy groups -OCH3 is 2. The van der Waals surface area contributed by atoms with Crippen LogP contribution in [0.2, 0.25) is 0 Å². The van der Waals surface area contributed by atoms with Gasteiger partial charge >= 0.3 is 0 Å². The Hall–Kier alpha value is -2.29. The maximum Gasteiger partial charge on any atom is 0.148 e. The zero-order chi connectivity index (χ0) is 18.1. The van der Waals surface area contributed by atoms with E-state index in [0.29, 0.717) is 17.6 Å². The maximum absolute atomic E-state index is 13.7. The molecular weight excluding hydrogens is 324 g/mol. The van der Waals surface area contributed by atoms with Crippen molar-refractivity contribution in [3.63, 3.8) is 0 Å². The summed E-state index contributed by atoms with van der Waals surface area (Å²) >= 11 is 0. The fraction of sp³-hybridized carbons (Fsp3) is 0.435. The first kappa shape index (κ1) is 17.1. The van der Waals surface area contributed by atoms with E-state index in [1.54, 1.807) is 14.2 Å². The molecule has 2 unspecified atom stereocenters. The van der Waals surface area contributed by atoms with Crippen molar-refractivity contribution in [2.75, 3.05) is 14.2 Å². The van der Waals surface area contributed by atoms with E-state index in [9.17, 15) is 4.79 Å². The van der Waals surface area contributed by atoms with Crippen LogP contribution in [-0.2, 0) is 4.79 Å². The lowest BCUT2D eigenvalue weighted by atomic mass is 9.78. The molecule has 0 aromatic heterocycles. The molecule has 0 radical (unpaired) electrons. The molecule has 2 fully saturated rings. The zero-order valence-electron chi connectivity index (χ0n) is 15.5. The highest BCUT2D eigenvalue weighted by Gasteiger charge is 2.45. The van der Waals surface area contributed by atoms with Gasteiger partial charge in [0.25, 0.3) is 0 Å². The predicted octanol–water partition coefficient (Wildman–Crippen LogP) is 4.96. The summed E-state index contributed by atoms with van der Waals surface area (Å²) in [7, 11) is 3.35. The normalized spacial score (nSPS) is 18.8. The fourth-order valence-corrected chi connectivity index (χ4v) is 4.06. The smallest absolute Gasteiger partial charge is 0.148 e. The van der Waals surface area contributed by atoms with Gasteiger partial charge in [0.15, 0.2) is 0 Å². The third-order valence-corrected chi connectivity index (χ3v) is 5.71. The van der Waals surface area contributed by atoms with Crippen molar-refractivity contribution < 1.29 is 14.3 Å². The molecule has 0 amide bonds. The molecule has 26 heavy (non-hydrogen) atoms. The van der Waals surface area contributed by atoms with E-state index < -0.39 is 0 Å². The van der Waals surface area contributed by atoms with Gasteiger partial charge in [-0.15, -0.1) is 0 Å². The molecule has 3 heteroatoms. The van der Waals surface area contributed by atoms with Crippen LogP contribution in [0.25, 0.3) is 0 Å². The summed E-state index contributed by atoms with van der Waals surface area (Å²) in [6.07, 6.45) is 4.57. The van der Waals surface area contributed by atoms with E-state index in [4.69, 9.17) is 9.47 Å². The van der Waals surface area contributed by atoms with E-state index in [1.807, 2.05) is 36.4 Å². The number of benzene rings is 2. The monoisotopic (exact) mass is 350 g/mol. The highest BCUT2D eigenvalue weighted by Crippen LogP contribution is 2.51. The molecule has 0 aliphatic heterocycles. The van der Waals surface area contributed by atoms with E-state index in [-0.39, 0.29) is 11.8 Å². The number of ketones is 1. The van der Waals surface area contributed by atoms with Gasteiger partial charge in [0.1, 0.15) is 17.3 Å². The summed E-state index contributed by atoms with van der Waals surface area (Å²) in [5.41, 5.74) is 2.20. The Labute approximate surface area is 155 Å². The molecule has 2 saturated carbocycles. The Bertz CT molecular complexity index is 724. The molecule has 0 bridgehead atoms. The number of rotatable bonds is 8. The van der Waals surface area contributed by atoms with E-state index in [1.165, 1.54) is 0 Å². The van der Waals surface area contributed by atoms with Crippen molar-refractivity contribution in [3.05, 3.63) is 59.7 Å². The molecule has 0 N–H and O–H groups in total. The van der Waals surface area contributed by atoms with E-state index in [2.05, 4.69) is 12.1 Å². The van der Waals surface area contributed by atoms with Crippen LogP contribution in [0.4, 0.5) is 0 Å². The summed E-state index contributed by atoms with van der Waals surface area (Å²) < 4.78 is 10.8. The number of ether oxygens (including phenoxy) is 2. The van der Waals surface area contributed by atoms with Crippen molar-refractivity contribution >= 4 is 5.78 Å². The Morgan fingerprint density at radius 3 is 1.58 bits per heavy atom. The maximum atomic E-state index is 13.7. The minimum Gasteiger partial charge on any atom is -0.497 e. The molecule has 2 aromatic rings. The standard InChI is InChI=1S/C23H26O3/c1-25-19-7-3-5-17(13-19)21(15-9-10-15)23(24)22(16-11-12-16)18-6-4-8-20(14-18)26-2/h3-8,13-16,21-22H,9-12H2,1-2H3. The van der Waals surface area contributed by atoms with Crippen LogP contribution in [0.3, 0.4) is 0 Å². The SMILES string of the molecule is COc1cccc(C(C(=O)C(c2cccc(OC)c2)C2CC2)C2CC2)c1. The van der Waals surface area contributed by atoms with Crippen molar-refractivity contribution in [1.29, 1.82) is 0 Å². The van der Waals surface area contributed by atoms with Gasteiger partial charge < -0.3 is 9.47 Å². The fourth-order valence-electron chi connectivity index (χ4n) is 4.06. The van der Waals surface area contributed by atoms with Crippen molar-refractivity contribution in [1.82, 2.24) is 0 Å². The van der Waals surface area contributed by atoms with E-state index >= 15 is 0 Å². The molecule has 4 rings (SSSR count). The Morgan fingerprint density at radius 1 is 0.808 bits per heavy atom. The lowest BCUT2D eigenvalue weighted by Gasteiger charge is -2.24. The van der Waals surface area contributed by atoms with E-state index in [0.717, 1.165) is 48.3 Å². The minimum absolute atomic E-state index is 0.0260. The summed E-state index contributed by atoms with van der Waals surface area (Å²) in [6.45, 7) is 0. The largest absolute Gasteiger partial charge is 0.497 e. The van der Waals surface area contributed by atoms with Gasteiger partial charge in [-0.2, -0.15) is 0 Å². The summed E-state index contributed by atoms with van der Waals surface area (Å²) in [6, 6.07) is 16.1. The van der Waals surface area contributed by atoms with Crippen molar-refractivity contribution in [2.24, 2.45) is 11.8 Å². The van der Waals surface area contributed by atoms with Crippen LogP contribution in [0, 0.1) is 11.8 Å². The summed E-state index contributed by atoms with van der Waals surface area (Å²) in [5, 5.41) is 0. The van der Waals surface area contributed by atoms with Crippen LogP contribution in [0.15, 0.2) is 48.5 Å². The third-order valence-electron chi connectivity index (χ3n) is 5.71. The molecule has 2 aliphatic carbocycles. The third kappa shape index (κ3) is 3.48. The van der Waals surface area contributed by atoms with Gasteiger partial charge in [-0.05, 0) is 72.9 Å². The van der Waals surface area contributed by atoms with Crippen LogP contribution in [-0.4, -0.2) is 20.0 Å². The highest BCUT2D eigenvalue weighted by molar-refractivity contribution is 5.93. The van der Waals surface area contributed by atoms with Crippen molar-refractivity contribution in [3.8, 4) is 11.5 Å². The molecule has 3 nitrogen and oxygen atoms in total. The molecule has 0 heterocycles. The number of Topliss-reactive ketones (excluding diaryl/α,β-unsaturated/α-hetero) is 1. The van der Waals surface area contributed by atoms with Gasteiger partial charge in [-0.25, -0.2) is 0 Å². The molecule has 2 aliphatic rings. The lowest BCUT2D eigenvalue weighted by Crippen LogP contribution is -2.24. The molecule has 2 aromatic carbocycles. The van der Waals surface area contributed by atoms with Gasteiger partial charge in [0.2, 0.25) is 0 Å². The van der Waals surface area contributed by atoms with Gasteiger partial charge in [0, 0.05) is 11.8 Å². The van der Waals surface area contributed by atoms with Crippen LogP contribution >= 0.6 is 0 Å². The number of hydrogen-bond donors (Lipinski definition) is 0.